The number of nitrogens with two attached hydrogens (primary N) is 1. The molecule has 3 N–H and O–H groups in total. The Morgan fingerprint density at radius 2 is 1.95 bits per heavy atom. The van der Waals surface area contributed by atoms with Gasteiger partial charge in [0.25, 0.3) is 0 Å². The summed E-state index contributed by atoms with van der Waals surface area (Å²) >= 11 is 0. The number of nitrogens with one attached hydrogen (secondary N) is 1. The Balaban J connectivity index is 1.99. The molecule has 5 nitrogen and oxygen atoms in total. The van der Waals surface area contributed by atoms with E-state index in [1.807, 2.05) is 0 Å². The summed E-state index contributed by atoms with van der Waals surface area (Å²) in [7, 11) is -3.41. The largest absolute Gasteiger partial charge is 0.492 e. The zero-order valence-electron chi connectivity index (χ0n) is 11.0. The highest BCUT2D eigenvalue weighted by molar-refractivity contribution is 7.89. The molecule has 2 rings (SSSR count). The molecule has 0 unspecified atom stereocenters. The smallest absolute Gasteiger partial charge is 0.240 e. The van der Waals surface area contributed by atoms with Crippen molar-refractivity contribution < 1.29 is 13.2 Å². The van der Waals surface area contributed by atoms with Crippen molar-refractivity contribution in [1.82, 2.24) is 4.72 Å². The van der Waals surface area contributed by atoms with Gasteiger partial charge < -0.3 is 10.5 Å². The molecule has 0 spiro atoms. The Morgan fingerprint density at radius 3 is 2.47 bits per heavy atom. The molecule has 1 fully saturated rings. The Kier molecular flexibility index (Phi) is 4.44. The highest BCUT2D eigenvalue weighted by atomic mass is 32.2. The van der Waals surface area contributed by atoms with E-state index in [9.17, 15) is 8.42 Å². The zero-order chi connectivity index (χ0) is 13.9. The van der Waals surface area contributed by atoms with E-state index >= 15 is 0 Å². The van der Waals surface area contributed by atoms with E-state index in [4.69, 9.17) is 10.5 Å². The summed E-state index contributed by atoms with van der Waals surface area (Å²) in [5.74, 6) is 1.24. The van der Waals surface area contributed by atoms with E-state index in [2.05, 4.69) is 11.6 Å². The standard InChI is InChI=1S/C13H20N2O3S/c1-10-8-11(9-10)15-19(16,17)13-4-2-12(3-5-13)18-7-6-14/h2-5,10-11,15H,6-9,14H2,1H3. The third-order valence-electron chi connectivity index (χ3n) is 3.22. The minimum absolute atomic E-state index is 0.0770. The molecular formula is C13H20N2O3S. The van der Waals surface area contributed by atoms with Crippen molar-refractivity contribution in [3.8, 4) is 5.75 Å². The fraction of sp³-hybridized carbons (Fsp3) is 0.538. The molecule has 0 amide bonds. The van der Waals surface area contributed by atoms with Gasteiger partial charge in [0.2, 0.25) is 10.0 Å². The lowest BCUT2D eigenvalue weighted by Crippen LogP contribution is -2.43. The van der Waals surface area contributed by atoms with Crippen LogP contribution in [0.1, 0.15) is 19.8 Å². The molecule has 1 saturated carbocycles. The van der Waals surface area contributed by atoms with Crippen LogP contribution in [0.3, 0.4) is 0 Å². The molecule has 0 heterocycles. The lowest BCUT2D eigenvalue weighted by Gasteiger charge is -2.32. The van der Waals surface area contributed by atoms with Crippen LogP contribution >= 0.6 is 0 Å². The van der Waals surface area contributed by atoms with Gasteiger partial charge in [-0.25, -0.2) is 13.1 Å². The van der Waals surface area contributed by atoms with Gasteiger partial charge in [-0.1, -0.05) is 6.92 Å². The van der Waals surface area contributed by atoms with Gasteiger partial charge in [-0.05, 0) is 43.0 Å². The quantitative estimate of drug-likeness (QED) is 0.819. The summed E-state index contributed by atoms with van der Waals surface area (Å²) in [6.07, 6.45) is 1.83. The van der Waals surface area contributed by atoms with Crippen LogP contribution in [0.5, 0.6) is 5.75 Å². The van der Waals surface area contributed by atoms with E-state index in [-0.39, 0.29) is 10.9 Å². The molecule has 0 saturated heterocycles. The molecule has 0 aromatic heterocycles. The molecule has 1 aromatic carbocycles. The van der Waals surface area contributed by atoms with Gasteiger partial charge in [0, 0.05) is 12.6 Å². The monoisotopic (exact) mass is 284 g/mol. The second-order valence-corrected chi connectivity index (χ2v) is 6.72. The SMILES string of the molecule is CC1CC(NS(=O)(=O)c2ccc(OCCN)cc2)C1. The molecule has 19 heavy (non-hydrogen) atoms. The van der Waals surface area contributed by atoms with Crippen molar-refractivity contribution in [2.75, 3.05) is 13.2 Å². The second kappa shape index (κ2) is 5.90. The molecule has 6 heteroatoms. The van der Waals surface area contributed by atoms with E-state index in [0.29, 0.717) is 24.8 Å². The van der Waals surface area contributed by atoms with Gasteiger partial charge in [-0.3, -0.25) is 0 Å². The first-order valence-electron chi connectivity index (χ1n) is 6.46. The first kappa shape index (κ1) is 14.3. The average molecular weight is 284 g/mol. The fourth-order valence-electron chi connectivity index (χ4n) is 2.18. The number of sulfonamides is 1. The van der Waals surface area contributed by atoms with Crippen LogP contribution in [-0.4, -0.2) is 27.6 Å². The average Bonchev–Trinajstić information content (AvgIpc) is 2.35. The zero-order valence-corrected chi connectivity index (χ0v) is 11.8. The van der Waals surface area contributed by atoms with Crippen LogP contribution in [0.2, 0.25) is 0 Å². The summed E-state index contributed by atoms with van der Waals surface area (Å²) in [5.41, 5.74) is 5.33. The van der Waals surface area contributed by atoms with E-state index in [1.165, 1.54) is 0 Å². The first-order valence-corrected chi connectivity index (χ1v) is 7.95. The van der Waals surface area contributed by atoms with Crippen LogP contribution in [0.25, 0.3) is 0 Å². The summed E-state index contributed by atoms with van der Waals surface area (Å²) < 4.78 is 32.2. The van der Waals surface area contributed by atoms with Crippen LogP contribution in [0.4, 0.5) is 0 Å². The van der Waals surface area contributed by atoms with Gasteiger partial charge in [-0.15, -0.1) is 0 Å². The van der Waals surface area contributed by atoms with E-state index in [1.54, 1.807) is 24.3 Å². The van der Waals surface area contributed by atoms with Gasteiger partial charge in [0.15, 0.2) is 0 Å². The molecule has 0 atom stereocenters. The van der Waals surface area contributed by atoms with Gasteiger partial charge in [0.05, 0.1) is 4.90 Å². The summed E-state index contributed by atoms with van der Waals surface area (Å²) in [5, 5.41) is 0. The molecule has 0 aliphatic heterocycles. The van der Waals surface area contributed by atoms with E-state index < -0.39 is 10.0 Å². The Hall–Kier alpha value is -1.11. The predicted octanol–water partition coefficient (Wildman–Crippen LogP) is 1.10. The summed E-state index contributed by atoms with van der Waals surface area (Å²) in [6, 6.07) is 6.47. The Morgan fingerprint density at radius 1 is 1.32 bits per heavy atom. The molecule has 1 aliphatic rings. The highest BCUT2D eigenvalue weighted by Gasteiger charge is 2.29. The van der Waals surface area contributed by atoms with Crippen molar-refractivity contribution in [3.05, 3.63) is 24.3 Å². The molecule has 0 bridgehead atoms. The number of benzene rings is 1. The molecule has 1 aromatic rings. The number of ether oxygens (including phenoxy) is 1. The van der Waals surface area contributed by atoms with Crippen molar-refractivity contribution in [2.24, 2.45) is 11.7 Å². The summed E-state index contributed by atoms with van der Waals surface area (Å²) in [6.45, 7) is 2.97. The van der Waals surface area contributed by atoms with Crippen LogP contribution in [0, 0.1) is 5.92 Å². The van der Waals surface area contributed by atoms with Crippen LogP contribution in [0.15, 0.2) is 29.2 Å². The van der Waals surface area contributed by atoms with Crippen LogP contribution in [-0.2, 0) is 10.0 Å². The maximum absolute atomic E-state index is 12.1. The van der Waals surface area contributed by atoms with Crippen molar-refractivity contribution in [3.63, 3.8) is 0 Å². The number of hydrogen-bond donors (Lipinski definition) is 2. The third kappa shape index (κ3) is 3.68. The third-order valence-corrected chi connectivity index (χ3v) is 4.75. The normalized spacial score (nSPS) is 22.8. The Bertz CT molecular complexity index is 507. The number of rotatable bonds is 6. The van der Waals surface area contributed by atoms with Crippen molar-refractivity contribution in [2.45, 2.75) is 30.7 Å². The lowest BCUT2D eigenvalue weighted by molar-refractivity contribution is 0.270. The highest BCUT2D eigenvalue weighted by Crippen LogP contribution is 2.28. The van der Waals surface area contributed by atoms with Gasteiger partial charge in [0.1, 0.15) is 12.4 Å². The summed E-state index contributed by atoms with van der Waals surface area (Å²) in [4.78, 5) is 0.271. The molecule has 106 valence electrons. The van der Waals surface area contributed by atoms with E-state index in [0.717, 1.165) is 12.8 Å². The topological polar surface area (TPSA) is 81.4 Å². The van der Waals surface area contributed by atoms with Gasteiger partial charge in [-0.2, -0.15) is 0 Å². The molecular weight excluding hydrogens is 264 g/mol. The minimum Gasteiger partial charge on any atom is -0.492 e. The fourth-order valence-corrected chi connectivity index (χ4v) is 3.44. The second-order valence-electron chi connectivity index (χ2n) is 5.00. The maximum Gasteiger partial charge on any atom is 0.240 e. The minimum atomic E-state index is -3.41. The maximum atomic E-state index is 12.1. The lowest BCUT2D eigenvalue weighted by atomic mass is 9.83. The first-order chi connectivity index (χ1) is 9.01. The number of hydrogen-bond acceptors (Lipinski definition) is 4. The molecule has 1 aliphatic carbocycles. The Labute approximate surface area is 114 Å². The van der Waals surface area contributed by atoms with Gasteiger partial charge >= 0.3 is 0 Å². The predicted molar refractivity (Wildman–Crippen MR) is 73.5 cm³/mol. The van der Waals surface area contributed by atoms with Crippen LogP contribution < -0.4 is 15.2 Å². The van der Waals surface area contributed by atoms with Crippen molar-refractivity contribution in [1.29, 1.82) is 0 Å². The molecule has 0 radical (unpaired) electrons. The van der Waals surface area contributed by atoms with Crippen molar-refractivity contribution >= 4 is 10.0 Å².